The Bertz CT molecular complexity index is 1030. The zero-order valence-electron chi connectivity index (χ0n) is 13.9. The van der Waals surface area contributed by atoms with Gasteiger partial charge in [0, 0.05) is 19.7 Å². The Balaban J connectivity index is 2.06. The fourth-order valence-corrected chi connectivity index (χ4v) is 3.19. The first-order chi connectivity index (χ1) is 11.8. The number of aryl methyl sites for hydroxylation is 1. The Kier molecular flexibility index (Phi) is 4.40. The maximum Gasteiger partial charge on any atom is 0.251 e. The highest BCUT2D eigenvalue weighted by molar-refractivity contribution is 7.89. The molecule has 3 aromatic rings. The number of benzene rings is 2. The first kappa shape index (κ1) is 17.2. The van der Waals surface area contributed by atoms with E-state index < -0.39 is 15.8 Å². The molecule has 0 aliphatic carbocycles. The fraction of sp³-hybridized carbons (Fsp3) is 0.176. The van der Waals surface area contributed by atoms with Gasteiger partial charge in [0.05, 0.1) is 10.5 Å². The number of nitrogens with zero attached hydrogens (tertiary/aromatic N) is 3. The van der Waals surface area contributed by atoms with E-state index >= 15 is 0 Å². The minimum Gasteiger partial charge on any atom is -0.416 e. The Hall–Kier alpha value is -2.58. The van der Waals surface area contributed by atoms with Crippen molar-refractivity contribution in [2.45, 2.75) is 11.8 Å². The Labute approximate surface area is 145 Å². The quantitative estimate of drug-likeness (QED) is 0.714. The molecule has 0 N–H and O–H groups in total. The van der Waals surface area contributed by atoms with Crippen molar-refractivity contribution in [2.75, 3.05) is 14.1 Å². The largest absolute Gasteiger partial charge is 0.416 e. The normalized spacial score (nSPS) is 11.9. The van der Waals surface area contributed by atoms with E-state index in [2.05, 4.69) is 10.2 Å². The van der Waals surface area contributed by atoms with Crippen LogP contribution in [-0.2, 0) is 10.0 Å². The summed E-state index contributed by atoms with van der Waals surface area (Å²) in [7, 11) is -0.891. The van der Waals surface area contributed by atoms with E-state index in [-0.39, 0.29) is 22.2 Å². The third-order valence-electron chi connectivity index (χ3n) is 3.64. The van der Waals surface area contributed by atoms with Crippen LogP contribution in [0.25, 0.3) is 22.9 Å². The van der Waals surface area contributed by atoms with Crippen LogP contribution in [0.15, 0.2) is 51.8 Å². The standard InChI is InChI=1S/C17H16FN3O3S/c1-11-5-4-6-12(9-11)16-19-20-17(24-16)14-10-13(7-8-15(14)18)25(22,23)21(2)3/h4-10H,1-3H3. The molecular formula is C17H16FN3O3S. The maximum absolute atomic E-state index is 14.2. The molecule has 0 radical (unpaired) electrons. The third-order valence-corrected chi connectivity index (χ3v) is 5.45. The number of sulfonamides is 1. The van der Waals surface area contributed by atoms with E-state index in [4.69, 9.17) is 4.42 Å². The SMILES string of the molecule is Cc1cccc(-c2nnc(-c3cc(S(=O)(=O)N(C)C)ccc3F)o2)c1. The van der Waals surface area contributed by atoms with Crippen LogP contribution < -0.4 is 0 Å². The molecular weight excluding hydrogens is 345 g/mol. The zero-order valence-corrected chi connectivity index (χ0v) is 14.7. The van der Waals surface area contributed by atoms with Gasteiger partial charge in [0.25, 0.3) is 5.89 Å². The molecule has 0 amide bonds. The number of halogens is 1. The van der Waals surface area contributed by atoms with Crippen molar-refractivity contribution in [3.05, 3.63) is 53.8 Å². The van der Waals surface area contributed by atoms with Gasteiger partial charge in [0.2, 0.25) is 15.9 Å². The molecule has 0 unspecified atom stereocenters. The number of hydrogen-bond acceptors (Lipinski definition) is 5. The first-order valence-corrected chi connectivity index (χ1v) is 8.86. The maximum atomic E-state index is 14.2. The summed E-state index contributed by atoms with van der Waals surface area (Å²) >= 11 is 0. The predicted molar refractivity (Wildman–Crippen MR) is 90.7 cm³/mol. The van der Waals surface area contributed by atoms with Crippen LogP contribution in [0.1, 0.15) is 5.56 Å². The molecule has 0 aliphatic rings. The average molecular weight is 361 g/mol. The van der Waals surface area contributed by atoms with E-state index in [0.29, 0.717) is 5.56 Å². The minimum absolute atomic E-state index is 0.0517. The Morgan fingerprint density at radius 3 is 2.44 bits per heavy atom. The summed E-state index contributed by atoms with van der Waals surface area (Å²) in [6.45, 7) is 1.93. The smallest absolute Gasteiger partial charge is 0.251 e. The molecule has 0 fully saturated rings. The Morgan fingerprint density at radius 2 is 1.76 bits per heavy atom. The fourth-order valence-electron chi connectivity index (χ4n) is 2.27. The van der Waals surface area contributed by atoms with Crippen LogP contribution in [0.4, 0.5) is 4.39 Å². The van der Waals surface area contributed by atoms with Crippen molar-refractivity contribution in [1.82, 2.24) is 14.5 Å². The van der Waals surface area contributed by atoms with Gasteiger partial charge < -0.3 is 4.42 Å². The molecule has 6 nitrogen and oxygen atoms in total. The van der Waals surface area contributed by atoms with E-state index in [1.165, 1.54) is 26.2 Å². The van der Waals surface area contributed by atoms with Gasteiger partial charge >= 0.3 is 0 Å². The van der Waals surface area contributed by atoms with Gasteiger partial charge in [-0.25, -0.2) is 17.1 Å². The summed E-state index contributed by atoms with van der Waals surface area (Å²) in [6, 6.07) is 10.9. The van der Waals surface area contributed by atoms with Crippen LogP contribution in [0.5, 0.6) is 0 Å². The first-order valence-electron chi connectivity index (χ1n) is 7.42. The highest BCUT2D eigenvalue weighted by Crippen LogP contribution is 2.28. The van der Waals surface area contributed by atoms with Gasteiger partial charge in [-0.3, -0.25) is 0 Å². The van der Waals surface area contributed by atoms with Crippen molar-refractivity contribution in [2.24, 2.45) is 0 Å². The molecule has 0 aliphatic heterocycles. The summed E-state index contributed by atoms with van der Waals surface area (Å²) in [5.74, 6) is -0.485. The molecule has 0 saturated carbocycles. The molecule has 25 heavy (non-hydrogen) atoms. The highest BCUT2D eigenvalue weighted by Gasteiger charge is 2.21. The lowest BCUT2D eigenvalue weighted by Crippen LogP contribution is -2.22. The van der Waals surface area contributed by atoms with Crippen LogP contribution in [-0.4, -0.2) is 37.0 Å². The summed E-state index contributed by atoms with van der Waals surface area (Å²) in [5, 5.41) is 7.79. The van der Waals surface area contributed by atoms with E-state index in [1.807, 2.05) is 25.1 Å². The van der Waals surface area contributed by atoms with E-state index in [0.717, 1.165) is 15.9 Å². The lowest BCUT2D eigenvalue weighted by molar-refractivity contribution is 0.520. The van der Waals surface area contributed by atoms with Crippen LogP contribution in [0, 0.1) is 12.7 Å². The van der Waals surface area contributed by atoms with Gasteiger partial charge in [-0.15, -0.1) is 10.2 Å². The molecule has 0 spiro atoms. The van der Waals surface area contributed by atoms with Crippen molar-refractivity contribution in [3.8, 4) is 22.9 Å². The van der Waals surface area contributed by atoms with Gasteiger partial charge in [0.1, 0.15) is 5.82 Å². The van der Waals surface area contributed by atoms with Crippen molar-refractivity contribution < 1.29 is 17.2 Å². The predicted octanol–water partition coefficient (Wildman–Crippen LogP) is 3.10. The third kappa shape index (κ3) is 3.31. The molecule has 0 atom stereocenters. The molecule has 130 valence electrons. The van der Waals surface area contributed by atoms with Gasteiger partial charge in [-0.2, -0.15) is 0 Å². The van der Waals surface area contributed by atoms with E-state index in [1.54, 1.807) is 6.07 Å². The lowest BCUT2D eigenvalue weighted by Gasteiger charge is -2.11. The summed E-state index contributed by atoms with van der Waals surface area (Å²) in [4.78, 5) is -0.0517. The molecule has 0 bridgehead atoms. The summed E-state index contributed by atoms with van der Waals surface area (Å²) in [5.41, 5.74) is 1.66. The summed E-state index contributed by atoms with van der Waals surface area (Å²) < 4.78 is 45.2. The molecule has 0 saturated heterocycles. The van der Waals surface area contributed by atoms with E-state index in [9.17, 15) is 12.8 Å². The monoisotopic (exact) mass is 361 g/mol. The van der Waals surface area contributed by atoms with Crippen molar-refractivity contribution in [1.29, 1.82) is 0 Å². The Morgan fingerprint density at radius 1 is 1.04 bits per heavy atom. The number of aromatic nitrogens is 2. The molecule has 1 aromatic heterocycles. The second-order valence-corrected chi connectivity index (χ2v) is 7.86. The average Bonchev–Trinajstić information content (AvgIpc) is 3.04. The van der Waals surface area contributed by atoms with Crippen molar-refractivity contribution >= 4 is 10.0 Å². The van der Waals surface area contributed by atoms with Gasteiger partial charge in [0.15, 0.2) is 0 Å². The van der Waals surface area contributed by atoms with Crippen LogP contribution in [0.2, 0.25) is 0 Å². The highest BCUT2D eigenvalue weighted by atomic mass is 32.2. The number of hydrogen-bond donors (Lipinski definition) is 0. The summed E-state index contributed by atoms with van der Waals surface area (Å²) in [6.07, 6.45) is 0. The minimum atomic E-state index is -3.70. The number of rotatable bonds is 4. The van der Waals surface area contributed by atoms with Crippen molar-refractivity contribution in [3.63, 3.8) is 0 Å². The second-order valence-electron chi connectivity index (χ2n) is 5.71. The topological polar surface area (TPSA) is 76.3 Å². The molecule has 3 rings (SSSR count). The van der Waals surface area contributed by atoms with Gasteiger partial charge in [-0.1, -0.05) is 17.7 Å². The lowest BCUT2D eigenvalue weighted by atomic mass is 10.1. The molecule has 1 heterocycles. The molecule has 8 heteroatoms. The molecule has 2 aromatic carbocycles. The van der Waals surface area contributed by atoms with Crippen LogP contribution >= 0.6 is 0 Å². The van der Waals surface area contributed by atoms with Crippen LogP contribution in [0.3, 0.4) is 0 Å². The van der Waals surface area contributed by atoms with Gasteiger partial charge in [-0.05, 0) is 37.3 Å². The second kappa shape index (κ2) is 6.38. The zero-order chi connectivity index (χ0) is 18.2.